The Labute approximate surface area is 162 Å². The Hall–Kier alpha value is -3.48. The smallest absolute Gasteiger partial charge is 0.261 e. The van der Waals surface area contributed by atoms with Gasteiger partial charge in [-0.2, -0.15) is 0 Å². The highest BCUT2D eigenvalue weighted by atomic mass is 16.2. The fraction of sp³-hybridized carbons (Fsp3) is 0.238. The van der Waals surface area contributed by atoms with Gasteiger partial charge in [0, 0.05) is 31.3 Å². The molecule has 0 atom stereocenters. The molecule has 0 fully saturated rings. The number of aromatic nitrogens is 2. The maximum Gasteiger partial charge on any atom is 0.261 e. The normalized spacial score (nSPS) is 10.7. The average molecular weight is 378 g/mol. The van der Waals surface area contributed by atoms with E-state index in [1.54, 1.807) is 24.3 Å². The number of hydrogen-bond acceptors (Lipinski definition) is 4. The Bertz CT molecular complexity index is 1120. The highest BCUT2D eigenvalue weighted by Crippen LogP contribution is 2.23. The first kappa shape index (κ1) is 19.3. The van der Waals surface area contributed by atoms with Crippen molar-refractivity contribution in [1.82, 2.24) is 9.55 Å². The van der Waals surface area contributed by atoms with Crippen molar-refractivity contribution in [3.05, 3.63) is 64.2 Å². The maximum atomic E-state index is 12.6. The Morgan fingerprint density at radius 2 is 1.71 bits per heavy atom. The van der Waals surface area contributed by atoms with Crippen molar-refractivity contribution in [2.75, 3.05) is 10.6 Å². The number of rotatable bonds is 5. The Morgan fingerprint density at radius 3 is 2.43 bits per heavy atom. The van der Waals surface area contributed by atoms with E-state index in [0.29, 0.717) is 22.3 Å². The highest BCUT2D eigenvalue weighted by Gasteiger charge is 2.10. The Kier molecular flexibility index (Phi) is 5.54. The van der Waals surface area contributed by atoms with Crippen LogP contribution in [0.5, 0.6) is 0 Å². The molecular formula is C21H22N4O3. The molecule has 1 aromatic heterocycles. The second kappa shape index (κ2) is 8.04. The number of carbonyl (C=O) groups is 2. The summed E-state index contributed by atoms with van der Waals surface area (Å²) in [4.78, 5) is 40.6. The fourth-order valence-electron chi connectivity index (χ4n) is 3.03. The minimum Gasteiger partial charge on any atom is -0.326 e. The van der Waals surface area contributed by atoms with E-state index < -0.39 is 0 Å². The molecule has 144 valence electrons. The summed E-state index contributed by atoms with van der Waals surface area (Å²) in [6.45, 7) is 5.39. The quantitative estimate of drug-likeness (QED) is 0.714. The molecule has 0 aliphatic rings. The van der Waals surface area contributed by atoms with E-state index in [4.69, 9.17) is 0 Å². The van der Waals surface area contributed by atoms with Crippen LogP contribution in [-0.4, -0.2) is 21.4 Å². The summed E-state index contributed by atoms with van der Waals surface area (Å²) in [7, 11) is 0. The third-order valence-corrected chi connectivity index (χ3v) is 4.55. The molecule has 7 nitrogen and oxygen atoms in total. The first-order chi connectivity index (χ1) is 13.4. The number of amides is 2. The van der Waals surface area contributed by atoms with Crippen molar-refractivity contribution in [3.8, 4) is 0 Å². The van der Waals surface area contributed by atoms with Crippen LogP contribution in [0.4, 0.5) is 11.4 Å². The lowest BCUT2D eigenvalue weighted by Crippen LogP contribution is -2.24. The lowest BCUT2D eigenvalue weighted by molar-refractivity contribution is -0.116. The van der Waals surface area contributed by atoms with Gasteiger partial charge in [-0.15, -0.1) is 0 Å². The van der Waals surface area contributed by atoms with Crippen LogP contribution in [0.2, 0.25) is 0 Å². The Morgan fingerprint density at radius 1 is 1.04 bits per heavy atom. The lowest BCUT2D eigenvalue weighted by atomic mass is 10.1. The molecule has 0 spiro atoms. The number of benzene rings is 2. The number of carbonyl (C=O) groups excluding carboxylic acids is 2. The number of anilines is 2. The summed E-state index contributed by atoms with van der Waals surface area (Å²) in [6, 6.07) is 10.8. The van der Waals surface area contributed by atoms with E-state index in [1.807, 2.05) is 26.0 Å². The summed E-state index contributed by atoms with van der Waals surface area (Å²) < 4.78 is 1.45. The molecule has 7 heteroatoms. The zero-order valence-electron chi connectivity index (χ0n) is 16.1. The molecule has 3 rings (SSSR count). The molecule has 28 heavy (non-hydrogen) atoms. The summed E-state index contributed by atoms with van der Waals surface area (Å²) in [5.41, 5.74) is 3.50. The molecule has 1 heterocycles. The first-order valence-corrected chi connectivity index (χ1v) is 8.98. The SMILES string of the molecule is CC(=O)Nc1cccc(NC(=O)CCn2cnc3c(C)cccc3c2=O)c1C. The zero-order chi connectivity index (χ0) is 20.3. The Balaban J connectivity index is 1.72. The van der Waals surface area contributed by atoms with E-state index in [1.165, 1.54) is 17.8 Å². The molecule has 0 aliphatic carbocycles. The third-order valence-electron chi connectivity index (χ3n) is 4.55. The predicted octanol–water partition coefficient (Wildman–Crippen LogP) is 3.00. The molecule has 0 unspecified atom stereocenters. The molecule has 2 amide bonds. The molecule has 3 aromatic rings. The van der Waals surface area contributed by atoms with E-state index in [-0.39, 0.29) is 30.3 Å². The van der Waals surface area contributed by atoms with E-state index in [0.717, 1.165) is 11.1 Å². The molecule has 2 N–H and O–H groups in total. The molecule has 0 saturated carbocycles. The number of hydrogen-bond donors (Lipinski definition) is 2. The summed E-state index contributed by atoms with van der Waals surface area (Å²) in [5, 5.41) is 6.11. The number of aryl methyl sites for hydroxylation is 2. The van der Waals surface area contributed by atoms with Gasteiger partial charge in [0.15, 0.2) is 0 Å². The molecule has 0 saturated heterocycles. The number of nitrogens with one attached hydrogen (secondary N) is 2. The van der Waals surface area contributed by atoms with Gasteiger partial charge in [0.25, 0.3) is 5.56 Å². The van der Waals surface area contributed by atoms with Crippen LogP contribution in [0.3, 0.4) is 0 Å². The topological polar surface area (TPSA) is 93.1 Å². The van der Waals surface area contributed by atoms with Crippen LogP contribution in [0.1, 0.15) is 24.5 Å². The van der Waals surface area contributed by atoms with Gasteiger partial charge in [-0.05, 0) is 43.2 Å². The van der Waals surface area contributed by atoms with Crippen molar-refractivity contribution in [2.24, 2.45) is 0 Å². The largest absolute Gasteiger partial charge is 0.326 e. The van der Waals surface area contributed by atoms with Gasteiger partial charge in [0.2, 0.25) is 11.8 Å². The van der Waals surface area contributed by atoms with E-state index >= 15 is 0 Å². The molecule has 0 bridgehead atoms. The minimum absolute atomic E-state index is 0.128. The average Bonchev–Trinajstić information content (AvgIpc) is 2.65. The van der Waals surface area contributed by atoms with Gasteiger partial charge in [-0.3, -0.25) is 19.0 Å². The summed E-state index contributed by atoms with van der Waals surface area (Å²) in [6.07, 6.45) is 1.61. The molecule has 0 aliphatic heterocycles. The van der Waals surface area contributed by atoms with E-state index in [2.05, 4.69) is 15.6 Å². The minimum atomic E-state index is -0.223. The molecule has 0 radical (unpaired) electrons. The van der Waals surface area contributed by atoms with Crippen LogP contribution in [-0.2, 0) is 16.1 Å². The number of nitrogens with zero attached hydrogens (tertiary/aromatic N) is 2. The second-order valence-electron chi connectivity index (χ2n) is 6.67. The standard InChI is InChI=1S/C21H22N4O3/c1-13-6-4-7-16-20(13)22-12-25(21(16)28)11-10-19(27)24-18-9-5-8-17(14(18)2)23-15(3)26/h4-9,12H,10-11H2,1-3H3,(H,23,26)(H,24,27). The van der Waals surface area contributed by atoms with Crippen molar-refractivity contribution in [2.45, 2.75) is 33.7 Å². The van der Waals surface area contributed by atoms with Gasteiger partial charge in [-0.25, -0.2) is 4.98 Å². The number of fused-ring (bicyclic) bond motifs is 1. The monoisotopic (exact) mass is 378 g/mol. The highest BCUT2D eigenvalue weighted by molar-refractivity contribution is 5.95. The van der Waals surface area contributed by atoms with Crippen molar-refractivity contribution < 1.29 is 9.59 Å². The second-order valence-corrected chi connectivity index (χ2v) is 6.67. The van der Waals surface area contributed by atoms with Crippen LogP contribution >= 0.6 is 0 Å². The van der Waals surface area contributed by atoms with Gasteiger partial charge in [-0.1, -0.05) is 18.2 Å². The van der Waals surface area contributed by atoms with E-state index in [9.17, 15) is 14.4 Å². The summed E-state index contributed by atoms with van der Waals surface area (Å²) in [5.74, 6) is -0.399. The van der Waals surface area contributed by atoms with Gasteiger partial charge in [0.1, 0.15) is 0 Å². The first-order valence-electron chi connectivity index (χ1n) is 8.98. The number of para-hydroxylation sites is 1. The van der Waals surface area contributed by atoms with Gasteiger partial charge in [0.05, 0.1) is 17.2 Å². The third kappa shape index (κ3) is 4.09. The zero-order valence-corrected chi connectivity index (χ0v) is 16.1. The predicted molar refractivity (Wildman–Crippen MR) is 109 cm³/mol. The molecular weight excluding hydrogens is 356 g/mol. The van der Waals surface area contributed by atoms with Crippen molar-refractivity contribution in [3.63, 3.8) is 0 Å². The fourth-order valence-corrected chi connectivity index (χ4v) is 3.03. The van der Waals surface area contributed by atoms with Crippen molar-refractivity contribution in [1.29, 1.82) is 0 Å². The molecule has 2 aromatic carbocycles. The van der Waals surface area contributed by atoms with Crippen LogP contribution in [0.15, 0.2) is 47.5 Å². The van der Waals surface area contributed by atoms with Crippen molar-refractivity contribution >= 4 is 34.1 Å². The lowest BCUT2D eigenvalue weighted by Gasteiger charge is -2.13. The van der Waals surface area contributed by atoms with Crippen LogP contribution < -0.4 is 16.2 Å². The van der Waals surface area contributed by atoms with Crippen LogP contribution in [0.25, 0.3) is 10.9 Å². The van der Waals surface area contributed by atoms with Gasteiger partial charge < -0.3 is 10.6 Å². The summed E-state index contributed by atoms with van der Waals surface area (Å²) >= 11 is 0. The maximum absolute atomic E-state index is 12.6. The van der Waals surface area contributed by atoms with Gasteiger partial charge >= 0.3 is 0 Å². The van der Waals surface area contributed by atoms with Crippen LogP contribution in [0, 0.1) is 13.8 Å².